The summed E-state index contributed by atoms with van der Waals surface area (Å²) in [7, 11) is 0. The minimum Gasteiger partial charge on any atom is -0.386 e. The molecule has 2 aliphatic rings. The summed E-state index contributed by atoms with van der Waals surface area (Å²) in [6.45, 7) is 2.37. The topological polar surface area (TPSA) is 23.5 Å². The Hall–Kier alpha value is -0.380. The second-order valence-corrected chi connectivity index (χ2v) is 6.76. The van der Waals surface area contributed by atoms with Crippen molar-refractivity contribution in [3.05, 3.63) is 22.4 Å². The lowest BCUT2D eigenvalue weighted by molar-refractivity contribution is -0.0388. The van der Waals surface area contributed by atoms with Crippen LogP contribution in [0.4, 0.5) is 0 Å². The number of hydrogen-bond donors (Lipinski definition) is 1. The molecule has 1 aromatic heterocycles. The highest BCUT2D eigenvalue weighted by atomic mass is 32.1. The first-order chi connectivity index (χ1) is 8.83. The average Bonchev–Trinajstić information content (AvgIpc) is 3.11. The predicted octanol–water partition coefficient (Wildman–Crippen LogP) is 3.58. The largest absolute Gasteiger partial charge is 0.386 e. The molecular formula is C15H23NOS. The summed E-state index contributed by atoms with van der Waals surface area (Å²) in [5.41, 5.74) is 0.0469. The van der Waals surface area contributed by atoms with Gasteiger partial charge >= 0.3 is 0 Å². The van der Waals surface area contributed by atoms with Gasteiger partial charge in [-0.25, -0.2) is 0 Å². The van der Waals surface area contributed by atoms with Crippen molar-refractivity contribution in [2.45, 2.75) is 56.6 Å². The van der Waals surface area contributed by atoms with E-state index in [0.717, 1.165) is 4.88 Å². The minimum atomic E-state index is -0.280. The lowest BCUT2D eigenvalue weighted by Crippen LogP contribution is -2.52. The maximum absolute atomic E-state index is 10.9. The van der Waals surface area contributed by atoms with Gasteiger partial charge in [-0.15, -0.1) is 11.3 Å². The van der Waals surface area contributed by atoms with E-state index in [4.69, 9.17) is 0 Å². The Morgan fingerprint density at radius 1 is 1.11 bits per heavy atom. The van der Waals surface area contributed by atoms with E-state index in [1.165, 1.54) is 58.0 Å². The summed E-state index contributed by atoms with van der Waals surface area (Å²) in [4.78, 5) is 3.76. The first kappa shape index (κ1) is 12.6. The lowest BCUT2D eigenvalue weighted by Gasteiger charge is -2.46. The third kappa shape index (κ3) is 2.13. The van der Waals surface area contributed by atoms with Gasteiger partial charge in [0.05, 0.1) is 5.54 Å². The van der Waals surface area contributed by atoms with Crippen LogP contribution in [0.1, 0.15) is 55.9 Å². The molecule has 1 atom stereocenters. The highest BCUT2D eigenvalue weighted by Crippen LogP contribution is 2.46. The minimum absolute atomic E-state index is 0.0469. The number of hydrogen-bond acceptors (Lipinski definition) is 3. The fourth-order valence-corrected chi connectivity index (χ4v) is 4.62. The molecule has 1 aliphatic heterocycles. The van der Waals surface area contributed by atoms with Crippen LogP contribution in [0.3, 0.4) is 0 Å². The summed E-state index contributed by atoms with van der Waals surface area (Å²) < 4.78 is 0. The first-order valence-corrected chi connectivity index (χ1v) is 8.17. The van der Waals surface area contributed by atoms with Crippen molar-refractivity contribution in [2.24, 2.45) is 0 Å². The summed E-state index contributed by atoms with van der Waals surface area (Å²) in [5.74, 6) is 0. The fourth-order valence-electron chi connectivity index (χ4n) is 3.80. The second-order valence-electron chi connectivity index (χ2n) is 5.78. The van der Waals surface area contributed by atoms with Gasteiger partial charge in [0.2, 0.25) is 0 Å². The Balaban J connectivity index is 1.86. The van der Waals surface area contributed by atoms with Gasteiger partial charge in [0, 0.05) is 4.88 Å². The molecule has 0 radical (unpaired) electrons. The smallest absolute Gasteiger partial charge is 0.106 e. The molecule has 100 valence electrons. The van der Waals surface area contributed by atoms with Crippen molar-refractivity contribution < 1.29 is 5.11 Å². The van der Waals surface area contributed by atoms with Gasteiger partial charge in [0.25, 0.3) is 0 Å². The SMILES string of the molecule is OC(c1cccs1)C1(N2CCCCC2)CCCC1. The van der Waals surface area contributed by atoms with E-state index >= 15 is 0 Å². The summed E-state index contributed by atoms with van der Waals surface area (Å²) in [5, 5.41) is 13.0. The van der Waals surface area contributed by atoms with E-state index in [2.05, 4.69) is 22.4 Å². The third-order valence-electron chi connectivity index (χ3n) is 4.78. The lowest BCUT2D eigenvalue weighted by atomic mass is 9.85. The van der Waals surface area contributed by atoms with E-state index < -0.39 is 0 Å². The Kier molecular flexibility index (Phi) is 3.73. The molecule has 3 rings (SSSR count). The molecule has 2 heterocycles. The zero-order valence-electron chi connectivity index (χ0n) is 11.0. The van der Waals surface area contributed by atoms with Crippen LogP contribution in [0.25, 0.3) is 0 Å². The van der Waals surface area contributed by atoms with Crippen molar-refractivity contribution in [3.63, 3.8) is 0 Å². The Morgan fingerprint density at radius 3 is 2.44 bits per heavy atom. The average molecular weight is 265 g/mol. The highest BCUT2D eigenvalue weighted by Gasteiger charge is 2.46. The van der Waals surface area contributed by atoms with E-state index in [9.17, 15) is 5.11 Å². The number of aliphatic hydroxyl groups is 1. The van der Waals surface area contributed by atoms with Crippen LogP contribution in [0, 0.1) is 0 Å². The quantitative estimate of drug-likeness (QED) is 0.903. The molecule has 1 saturated carbocycles. The maximum Gasteiger partial charge on any atom is 0.106 e. The van der Waals surface area contributed by atoms with Crippen LogP contribution in [-0.4, -0.2) is 28.6 Å². The van der Waals surface area contributed by atoms with Gasteiger partial charge in [-0.3, -0.25) is 4.90 Å². The zero-order valence-corrected chi connectivity index (χ0v) is 11.8. The number of piperidine rings is 1. The van der Waals surface area contributed by atoms with Gasteiger partial charge in [-0.1, -0.05) is 25.3 Å². The first-order valence-electron chi connectivity index (χ1n) is 7.29. The Bertz CT molecular complexity index is 364. The molecule has 1 saturated heterocycles. The van der Waals surface area contributed by atoms with Gasteiger partial charge < -0.3 is 5.11 Å². The number of nitrogens with zero attached hydrogens (tertiary/aromatic N) is 1. The molecule has 2 nitrogen and oxygen atoms in total. The molecule has 0 amide bonds. The standard InChI is InChI=1S/C15H23NOS/c17-14(13-7-6-12-18-13)15(8-2-3-9-15)16-10-4-1-5-11-16/h6-7,12,14,17H,1-5,8-11H2. The van der Waals surface area contributed by atoms with Gasteiger partial charge in [-0.05, 0) is 50.2 Å². The normalized spacial score (nSPS) is 26.3. The van der Waals surface area contributed by atoms with Gasteiger partial charge in [0.15, 0.2) is 0 Å². The highest BCUT2D eigenvalue weighted by molar-refractivity contribution is 7.10. The van der Waals surface area contributed by atoms with Crippen LogP contribution in [0.15, 0.2) is 17.5 Å². The molecular weight excluding hydrogens is 242 g/mol. The molecule has 3 heteroatoms. The molecule has 18 heavy (non-hydrogen) atoms. The summed E-state index contributed by atoms with van der Waals surface area (Å²) in [6, 6.07) is 4.15. The molecule has 0 bridgehead atoms. The number of thiophene rings is 1. The van der Waals surface area contributed by atoms with Crippen molar-refractivity contribution in [1.29, 1.82) is 0 Å². The van der Waals surface area contributed by atoms with Crippen molar-refractivity contribution >= 4 is 11.3 Å². The molecule has 1 unspecified atom stereocenters. The van der Waals surface area contributed by atoms with Crippen LogP contribution >= 0.6 is 11.3 Å². The fraction of sp³-hybridized carbons (Fsp3) is 0.733. The van der Waals surface area contributed by atoms with Crippen LogP contribution < -0.4 is 0 Å². The Labute approximate surface area is 114 Å². The molecule has 1 aliphatic carbocycles. The van der Waals surface area contributed by atoms with Crippen molar-refractivity contribution in [1.82, 2.24) is 4.90 Å². The van der Waals surface area contributed by atoms with Gasteiger partial charge in [0.1, 0.15) is 6.10 Å². The van der Waals surface area contributed by atoms with Crippen LogP contribution in [0.5, 0.6) is 0 Å². The van der Waals surface area contributed by atoms with Crippen LogP contribution in [0.2, 0.25) is 0 Å². The summed E-state index contributed by atoms with van der Waals surface area (Å²) in [6.07, 6.45) is 8.59. The predicted molar refractivity (Wildman–Crippen MR) is 75.9 cm³/mol. The molecule has 2 fully saturated rings. The molecule has 1 aromatic rings. The second kappa shape index (κ2) is 5.32. The zero-order chi connectivity index (χ0) is 12.4. The van der Waals surface area contributed by atoms with Crippen molar-refractivity contribution in [2.75, 3.05) is 13.1 Å². The van der Waals surface area contributed by atoms with Gasteiger partial charge in [-0.2, -0.15) is 0 Å². The van der Waals surface area contributed by atoms with E-state index in [1.807, 2.05) is 0 Å². The molecule has 0 aromatic carbocycles. The van der Waals surface area contributed by atoms with E-state index in [-0.39, 0.29) is 11.6 Å². The third-order valence-corrected chi connectivity index (χ3v) is 5.70. The number of likely N-dealkylation sites (tertiary alicyclic amines) is 1. The number of aliphatic hydroxyl groups excluding tert-OH is 1. The van der Waals surface area contributed by atoms with E-state index in [1.54, 1.807) is 11.3 Å². The van der Waals surface area contributed by atoms with Crippen LogP contribution in [-0.2, 0) is 0 Å². The summed E-state index contributed by atoms with van der Waals surface area (Å²) >= 11 is 1.70. The van der Waals surface area contributed by atoms with E-state index in [0.29, 0.717) is 0 Å². The molecule has 0 spiro atoms. The Morgan fingerprint density at radius 2 is 1.83 bits per heavy atom. The monoisotopic (exact) mass is 265 g/mol. The molecule has 1 N–H and O–H groups in total. The maximum atomic E-state index is 10.9. The number of rotatable bonds is 3. The van der Waals surface area contributed by atoms with Crippen molar-refractivity contribution in [3.8, 4) is 0 Å².